The molecule has 0 fully saturated rings. The SMILES string of the molecule is CCN1CC=C(C(C)(C)C)CC1. The molecule has 1 rings (SSSR count). The molecular weight excluding hydrogens is 146 g/mol. The Bertz CT molecular complexity index is 174. The van der Waals surface area contributed by atoms with E-state index in [0.717, 1.165) is 6.54 Å². The van der Waals surface area contributed by atoms with Gasteiger partial charge in [-0.2, -0.15) is 0 Å². The highest BCUT2D eigenvalue weighted by Gasteiger charge is 2.20. The zero-order chi connectivity index (χ0) is 9.19. The van der Waals surface area contributed by atoms with E-state index in [0.29, 0.717) is 5.41 Å². The number of hydrogen-bond donors (Lipinski definition) is 0. The molecule has 1 heteroatoms. The quantitative estimate of drug-likeness (QED) is 0.543. The first-order valence-corrected chi connectivity index (χ1v) is 4.96. The van der Waals surface area contributed by atoms with E-state index in [1.54, 1.807) is 5.57 Å². The Hall–Kier alpha value is -0.300. The van der Waals surface area contributed by atoms with Crippen molar-refractivity contribution in [2.45, 2.75) is 34.1 Å². The van der Waals surface area contributed by atoms with Crippen molar-refractivity contribution in [3.63, 3.8) is 0 Å². The maximum atomic E-state index is 2.48. The van der Waals surface area contributed by atoms with Crippen LogP contribution in [0.3, 0.4) is 0 Å². The summed E-state index contributed by atoms with van der Waals surface area (Å²) in [5.41, 5.74) is 2.02. The maximum absolute atomic E-state index is 2.48. The van der Waals surface area contributed by atoms with Gasteiger partial charge in [0.15, 0.2) is 0 Å². The van der Waals surface area contributed by atoms with Gasteiger partial charge < -0.3 is 0 Å². The van der Waals surface area contributed by atoms with Crippen LogP contribution < -0.4 is 0 Å². The van der Waals surface area contributed by atoms with Crippen molar-refractivity contribution in [2.75, 3.05) is 19.6 Å². The van der Waals surface area contributed by atoms with Gasteiger partial charge >= 0.3 is 0 Å². The molecule has 12 heavy (non-hydrogen) atoms. The predicted octanol–water partition coefficient (Wildman–Crippen LogP) is 2.68. The minimum Gasteiger partial charge on any atom is -0.300 e. The molecule has 0 saturated heterocycles. The zero-order valence-electron chi connectivity index (χ0n) is 8.85. The zero-order valence-corrected chi connectivity index (χ0v) is 8.85. The average Bonchev–Trinajstić information content (AvgIpc) is 2.03. The van der Waals surface area contributed by atoms with Gasteiger partial charge in [-0.15, -0.1) is 0 Å². The molecule has 0 bridgehead atoms. The smallest absolute Gasteiger partial charge is 0.0166 e. The Kier molecular flexibility index (Phi) is 2.94. The molecule has 0 aromatic rings. The Balaban J connectivity index is 2.56. The summed E-state index contributed by atoms with van der Waals surface area (Å²) in [6.45, 7) is 12.7. The summed E-state index contributed by atoms with van der Waals surface area (Å²) in [5, 5.41) is 0. The molecule has 0 aliphatic carbocycles. The molecule has 70 valence electrons. The van der Waals surface area contributed by atoms with Crippen LogP contribution in [-0.2, 0) is 0 Å². The number of hydrogen-bond acceptors (Lipinski definition) is 1. The van der Waals surface area contributed by atoms with Crippen LogP contribution >= 0.6 is 0 Å². The molecule has 0 unspecified atom stereocenters. The van der Waals surface area contributed by atoms with Crippen molar-refractivity contribution < 1.29 is 0 Å². The molecule has 1 nitrogen and oxygen atoms in total. The highest BCUT2D eigenvalue weighted by atomic mass is 15.1. The summed E-state index contributed by atoms with van der Waals surface area (Å²) < 4.78 is 0. The lowest BCUT2D eigenvalue weighted by atomic mass is 9.83. The third-order valence-electron chi connectivity index (χ3n) is 2.70. The van der Waals surface area contributed by atoms with E-state index in [2.05, 4.69) is 38.7 Å². The Morgan fingerprint density at radius 1 is 1.42 bits per heavy atom. The van der Waals surface area contributed by atoms with Gasteiger partial charge in [0.2, 0.25) is 0 Å². The third-order valence-corrected chi connectivity index (χ3v) is 2.70. The maximum Gasteiger partial charge on any atom is 0.0166 e. The van der Waals surface area contributed by atoms with Crippen molar-refractivity contribution in [3.05, 3.63) is 11.6 Å². The van der Waals surface area contributed by atoms with E-state index in [1.807, 2.05) is 0 Å². The molecule has 0 amide bonds. The lowest BCUT2D eigenvalue weighted by molar-refractivity contribution is 0.292. The minimum absolute atomic E-state index is 0.389. The standard InChI is InChI=1S/C11H21N/c1-5-12-8-6-10(7-9-12)11(2,3)4/h6H,5,7-9H2,1-4H3. The van der Waals surface area contributed by atoms with Gasteiger partial charge in [-0.3, -0.25) is 4.90 Å². The van der Waals surface area contributed by atoms with Gasteiger partial charge in [0.25, 0.3) is 0 Å². The monoisotopic (exact) mass is 167 g/mol. The fourth-order valence-electron chi connectivity index (χ4n) is 1.68. The Labute approximate surface area is 76.5 Å². The van der Waals surface area contributed by atoms with Crippen LogP contribution in [0.15, 0.2) is 11.6 Å². The van der Waals surface area contributed by atoms with E-state index in [9.17, 15) is 0 Å². The summed E-state index contributed by atoms with van der Waals surface area (Å²) in [6.07, 6.45) is 3.67. The number of rotatable bonds is 1. The van der Waals surface area contributed by atoms with Crippen LogP contribution in [0, 0.1) is 5.41 Å². The highest BCUT2D eigenvalue weighted by Crippen LogP contribution is 2.29. The van der Waals surface area contributed by atoms with Gasteiger partial charge in [-0.05, 0) is 18.4 Å². The Morgan fingerprint density at radius 3 is 2.42 bits per heavy atom. The van der Waals surface area contributed by atoms with Crippen molar-refractivity contribution in [1.82, 2.24) is 4.90 Å². The van der Waals surface area contributed by atoms with E-state index < -0.39 is 0 Å². The van der Waals surface area contributed by atoms with Crippen LogP contribution in [0.1, 0.15) is 34.1 Å². The predicted molar refractivity (Wildman–Crippen MR) is 54.3 cm³/mol. The molecular formula is C11H21N. The molecule has 0 aromatic carbocycles. The molecule has 0 N–H and O–H groups in total. The number of likely N-dealkylation sites (N-methyl/N-ethyl adjacent to an activating group) is 1. The minimum atomic E-state index is 0.389. The summed E-state index contributed by atoms with van der Waals surface area (Å²) in [4.78, 5) is 2.48. The first-order valence-electron chi connectivity index (χ1n) is 4.96. The summed E-state index contributed by atoms with van der Waals surface area (Å²) in [6, 6.07) is 0. The molecule has 0 atom stereocenters. The van der Waals surface area contributed by atoms with E-state index in [-0.39, 0.29) is 0 Å². The first-order chi connectivity index (χ1) is 5.54. The first kappa shape index (κ1) is 9.79. The van der Waals surface area contributed by atoms with Crippen molar-refractivity contribution >= 4 is 0 Å². The van der Waals surface area contributed by atoms with Crippen LogP contribution in [0.5, 0.6) is 0 Å². The van der Waals surface area contributed by atoms with Crippen molar-refractivity contribution in [1.29, 1.82) is 0 Å². The van der Waals surface area contributed by atoms with Gasteiger partial charge in [0.05, 0.1) is 0 Å². The fourth-order valence-corrected chi connectivity index (χ4v) is 1.68. The van der Waals surface area contributed by atoms with Gasteiger partial charge in [-0.25, -0.2) is 0 Å². The van der Waals surface area contributed by atoms with E-state index in [1.165, 1.54) is 19.5 Å². The van der Waals surface area contributed by atoms with E-state index >= 15 is 0 Å². The van der Waals surface area contributed by atoms with Gasteiger partial charge in [0.1, 0.15) is 0 Å². The lowest BCUT2D eigenvalue weighted by Gasteiger charge is -2.31. The summed E-state index contributed by atoms with van der Waals surface area (Å²) in [5.74, 6) is 0. The molecule has 1 aliphatic heterocycles. The van der Waals surface area contributed by atoms with E-state index in [4.69, 9.17) is 0 Å². The molecule has 1 aliphatic rings. The largest absolute Gasteiger partial charge is 0.300 e. The average molecular weight is 167 g/mol. The normalized spacial score (nSPS) is 20.8. The Morgan fingerprint density at radius 2 is 2.08 bits per heavy atom. The van der Waals surface area contributed by atoms with Crippen LogP contribution in [-0.4, -0.2) is 24.5 Å². The fraction of sp³-hybridized carbons (Fsp3) is 0.818. The second-order valence-electron chi connectivity index (χ2n) is 4.62. The lowest BCUT2D eigenvalue weighted by Crippen LogP contribution is -2.30. The molecule has 0 aromatic heterocycles. The van der Waals surface area contributed by atoms with Crippen molar-refractivity contribution in [3.8, 4) is 0 Å². The highest BCUT2D eigenvalue weighted by molar-refractivity contribution is 5.14. The second-order valence-corrected chi connectivity index (χ2v) is 4.62. The molecule has 0 radical (unpaired) electrons. The van der Waals surface area contributed by atoms with Crippen LogP contribution in [0.2, 0.25) is 0 Å². The number of nitrogens with zero attached hydrogens (tertiary/aromatic N) is 1. The molecule has 0 saturated carbocycles. The van der Waals surface area contributed by atoms with Gasteiger partial charge in [-0.1, -0.05) is 39.3 Å². The van der Waals surface area contributed by atoms with Crippen LogP contribution in [0.25, 0.3) is 0 Å². The molecule has 0 spiro atoms. The van der Waals surface area contributed by atoms with Crippen molar-refractivity contribution in [2.24, 2.45) is 5.41 Å². The van der Waals surface area contributed by atoms with Gasteiger partial charge in [0, 0.05) is 13.1 Å². The molecule has 1 heterocycles. The topological polar surface area (TPSA) is 3.24 Å². The van der Waals surface area contributed by atoms with Crippen LogP contribution in [0.4, 0.5) is 0 Å². The summed E-state index contributed by atoms with van der Waals surface area (Å²) in [7, 11) is 0. The second kappa shape index (κ2) is 3.61. The third kappa shape index (κ3) is 2.34. The summed E-state index contributed by atoms with van der Waals surface area (Å²) >= 11 is 0.